The molecule has 18 heavy (non-hydrogen) atoms. The molecule has 2 nitrogen and oxygen atoms in total. The van der Waals surface area contributed by atoms with E-state index in [9.17, 15) is 0 Å². The van der Waals surface area contributed by atoms with Crippen molar-refractivity contribution in [2.45, 2.75) is 45.8 Å². The minimum Gasteiger partial charge on any atom is -0.311 e. The number of benzene rings is 1. The summed E-state index contributed by atoms with van der Waals surface area (Å²) in [7, 11) is 0. The quantitative estimate of drug-likeness (QED) is 0.860. The number of nitrogens with one attached hydrogen (secondary N) is 2. The molecule has 0 saturated carbocycles. The number of hydrogen-bond acceptors (Lipinski definition) is 2. The third-order valence-electron chi connectivity index (χ3n) is 2.58. The van der Waals surface area contributed by atoms with Gasteiger partial charge in [-0.05, 0) is 45.4 Å². The lowest BCUT2D eigenvalue weighted by molar-refractivity contribution is 0.387. The Morgan fingerprint density at radius 1 is 1.17 bits per heavy atom. The zero-order chi connectivity index (χ0) is 13.8. The molecule has 0 aliphatic carbocycles. The molecule has 1 rings (SSSR count). The summed E-state index contributed by atoms with van der Waals surface area (Å²) in [5.41, 5.74) is 1.30. The van der Waals surface area contributed by atoms with Crippen molar-refractivity contribution < 1.29 is 0 Å². The second-order valence-corrected chi connectivity index (χ2v) is 6.48. The zero-order valence-electron chi connectivity index (χ0n) is 11.5. The van der Waals surface area contributed by atoms with Gasteiger partial charge in [0.2, 0.25) is 0 Å². The van der Waals surface area contributed by atoms with Gasteiger partial charge in [-0.1, -0.05) is 29.3 Å². The monoisotopic (exact) mass is 288 g/mol. The van der Waals surface area contributed by atoms with Gasteiger partial charge >= 0.3 is 0 Å². The van der Waals surface area contributed by atoms with Crippen LogP contribution in [0.1, 0.15) is 33.3 Å². The first-order chi connectivity index (χ1) is 8.28. The standard InChI is InChI=1S/C14H22Cl2N2/c1-10(8-18-14(2,3)4)17-9-11-5-6-12(15)13(16)7-11/h5-7,10,17-18H,8-9H2,1-4H3. The van der Waals surface area contributed by atoms with Crippen molar-refractivity contribution in [3.63, 3.8) is 0 Å². The van der Waals surface area contributed by atoms with Gasteiger partial charge < -0.3 is 10.6 Å². The zero-order valence-corrected chi connectivity index (χ0v) is 13.0. The summed E-state index contributed by atoms with van der Waals surface area (Å²) in [6.45, 7) is 10.4. The first-order valence-corrected chi connectivity index (χ1v) is 6.96. The van der Waals surface area contributed by atoms with Crippen LogP contribution in [0.25, 0.3) is 0 Å². The van der Waals surface area contributed by atoms with Crippen molar-refractivity contribution in [3.8, 4) is 0 Å². The first-order valence-electron chi connectivity index (χ1n) is 6.20. The van der Waals surface area contributed by atoms with Crippen LogP contribution in [0.15, 0.2) is 18.2 Å². The van der Waals surface area contributed by atoms with Crippen molar-refractivity contribution in [2.75, 3.05) is 6.54 Å². The Balaban J connectivity index is 2.38. The molecule has 1 aromatic rings. The van der Waals surface area contributed by atoms with E-state index in [2.05, 4.69) is 38.3 Å². The van der Waals surface area contributed by atoms with E-state index in [0.717, 1.165) is 18.7 Å². The molecular weight excluding hydrogens is 267 g/mol. The highest BCUT2D eigenvalue weighted by molar-refractivity contribution is 6.42. The molecule has 0 bridgehead atoms. The van der Waals surface area contributed by atoms with Crippen LogP contribution in [-0.2, 0) is 6.54 Å². The molecule has 2 N–H and O–H groups in total. The second kappa shape index (κ2) is 6.76. The predicted molar refractivity (Wildman–Crippen MR) is 80.5 cm³/mol. The summed E-state index contributed by atoms with van der Waals surface area (Å²) in [6.07, 6.45) is 0. The Labute approximate surface area is 120 Å². The summed E-state index contributed by atoms with van der Waals surface area (Å²) >= 11 is 11.9. The molecule has 0 amide bonds. The topological polar surface area (TPSA) is 24.1 Å². The average Bonchev–Trinajstić information content (AvgIpc) is 2.27. The van der Waals surface area contributed by atoms with Crippen molar-refractivity contribution in [3.05, 3.63) is 33.8 Å². The van der Waals surface area contributed by atoms with Gasteiger partial charge in [-0.15, -0.1) is 0 Å². The average molecular weight is 289 g/mol. The van der Waals surface area contributed by atoms with Crippen molar-refractivity contribution >= 4 is 23.2 Å². The van der Waals surface area contributed by atoms with Gasteiger partial charge in [0.25, 0.3) is 0 Å². The van der Waals surface area contributed by atoms with Crippen LogP contribution in [0.3, 0.4) is 0 Å². The van der Waals surface area contributed by atoms with Gasteiger partial charge in [0.1, 0.15) is 0 Å². The SMILES string of the molecule is CC(CNC(C)(C)C)NCc1ccc(Cl)c(Cl)c1. The van der Waals surface area contributed by atoms with Crippen molar-refractivity contribution in [1.82, 2.24) is 10.6 Å². The number of rotatable bonds is 5. The van der Waals surface area contributed by atoms with E-state index in [-0.39, 0.29) is 5.54 Å². The molecule has 1 aromatic carbocycles. The maximum absolute atomic E-state index is 5.98. The maximum Gasteiger partial charge on any atom is 0.0595 e. The fourth-order valence-electron chi connectivity index (χ4n) is 1.47. The molecule has 0 spiro atoms. The van der Waals surface area contributed by atoms with Crippen LogP contribution >= 0.6 is 23.2 Å². The molecule has 102 valence electrons. The van der Waals surface area contributed by atoms with E-state index in [0.29, 0.717) is 16.1 Å². The largest absolute Gasteiger partial charge is 0.311 e. The Morgan fingerprint density at radius 3 is 2.39 bits per heavy atom. The van der Waals surface area contributed by atoms with Gasteiger partial charge in [-0.25, -0.2) is 0 Å². The number of halogens is 2. The Hall–Kier alpha value is -0.280. The minimum atomic E-state index is 0.152. The van der Waals surface area contributed by atoms with E-state index < -0.39 is 0 Å². The summed E-state index contributed by atoms with van der Waals surface area (Å²) in [5, 5.41) is 8.13. The van der Waals surface area contributed by atoms with Crippen LogP contribution in [0.4, 0.5) is 0 Å². The van der Waals surface area contributed by atoms with E-state index in [1.165, 1.54) is 0 Å². The Bertz CT molecular complexity index is 386. The lowest BCUT2D eigenvalue weighted by Crippen LogP contribution is -2.44. The van der Waals surface area contributed by atoms with Crippen LogP contribution in [0.2, 0.25) is 10.0 Å². The molecule has 0 heterocycles. The van der Waals surface area contributed by atoms with Crippen LogP contribution < -0.4 is 10.6 Å². The van der Waals surface area contributed by atoms with E-state index >= 15 is 0 Å². The van der Waals surface area contributed by atoms with Gasteiger partial charge in [0, 0.05) is 24.7 Å². The smallest absolute Gasteiger partial charge is 0.0595 e. The highest BCUT2D eigenvalue weighted by Gasteiger charge is 2.10. The molecule has 0 saturated heterocycles. The normalized spacial score (nSPS) is 13.7. The molecule has 0 aliphatic heterocycles. The molecule has 1 atom stereocenters. The molecule has 0 aliphatic rings. The van der Waals surface area contributed by atoms with E-state index in [4.69, 9.17) is 23.2 Å². The molecule has 1 unspecified atom stereocenters. The van der Waals surface area contributed by atoms with Crippen molar-refractivity contribution in [2.24, 2.45) is 0 Å². The predicted octanol–water partition coefficient (Wildman–Crippen LogP) is 3.86. The molecule has 0 radical (unpaired) electrons. The highest BCUT2D eigenvalue weighted by atomic mass is 35.5. The third kappa shape index (κ3) is 6.05. The van der Waals surface area contributed by atoms with Crippen molar-refractivity contribution in [1.29, 1.82) is 0 Å². The first kappa shape index (κ1) is 15.8. The summed E-state index contributed by atoms with van der Waals surface area (Å²) in [6, 6.07) is 6.13. The molecular formula is C14H22Cl2N2. The van der Waals surface area contributed by atoms with Crippen LogP contribution in [0.5, 0.6) is 0 Å². The highest BCUT2D eigenvalue weighted by Crippen LogP contribution is 2.22. The Kier molecular flexibility index (Phi) is 5.93. The summed E-state index contributed by atoms with van der Waals surface area (Å²) in [4.78, 5) is 0. The van der Waals surface area contributed by atoms with Gasteiger partial charge in [0.05, 0.1) is 10.0 Å². The lowest BCUT2D eigenvalue weighted by atomic mass is 10.1. The summed E-state index contributed by atoms with van der Waals surface area (Å²) in [5.74, 6) is 0. The molecule has 4 heteroatoms. The molecule has 0 aromatic heterocycles. The second-order valence-electron chi connectivity index (χ2n) is 5.66. The van der Waals surface area contributed by atoms with Crippen LogP contribution in [0, 0.1) is 0 Å². The fourth-order valence-corrected chi connectivity index (χ4v) is 1.79. The minimum absolute atomic E-state index is 0.152. The number of hydrogen-bond donors (Lipinski definition) is 2. The van der Waals surface area contributed by atoms with Gasteiger partial charge in [0.15, 0.2) is 0 Å². The van der Waals surface area contributed by atoms with Crippen LogP contribution in [-0.4, -0.2) is 18.1 Å². The lowest BCUT2D eigenvalue weighted by Gasteiger charge is -2.24. The van der Waals surface area contributed by atoms with Gasteiger partial charge in [-0.2, -0.15) is 0 Å². The van der Waals surface area contributed by atoms with E-state index in [1.54, 1.807) is 0 Å². The summed E-state index contributed by atoms with van der Waals surface area (Å²) < 4.78 is 0. The Morgan fingerprint density at radius 2 is 1.83 bits per heavy atom. The third-order valence-corrected chi connectivity index (χ3v) is 3.32. The molecule has 0 fully saturated rings. The maximum atomic E-state index is 5.98. The fraction of sp³-hybridized carbons (Fsp3) is 0.571. The van der Waals surface area contributed by atoms with Gasteiger partial charge in [-0.3, -0.25) is 0 Å². The van der Waals surface area contributed by atoms with E-state index in [1.807, 2.05) is 18.2 Å².